The molecule has 0 aliphatic carbocycles. The quantitative estimate of drug-likeness (QED) is 0.178. The highest BCUT2D eigenvalue weighted by atomic mass is 16.2. The van der Waals surface area contributed by atoms with Gasteiger partial charge < -0.3 is 29.6 Å². The lowest BCUT2D eigenvalue weighted by Crippen LogP contribution is -2.46. The van der Waals surface area contributed by atoms with Gasteiger partial charge in [-0.15, -0.1) is 0 Å². The van der Waals surface area contributed by atoms with Crippen LogP contribution < -0.4 is 10.6 Å². The number of carbonyl (C=O) groups excluding carboxylic acids is 2. The lowest BCUT2D eigenvalue weighted by atomic mass is 9.91. The fourth-order valence-electron chi connectivity index (χ4n) is 9.19. The molecule has 6 heterocycles. The zero-order valence-electron chi connectivity index (χ0n) is 31.6. The van der Waals surface area contributed by atoms with Crippen molar-refractivity contribution in [3.8, 4) is 22.5 Å². The van der Waals surface area contributed by atoms with Crippen LogP contribution in [0, 0.1) is 0 Å². The van der Waals surface area contributed by atoms with E-state index in [0.717, 1.165) is 63.3 Å². The van der Waals surface area contributed by atoms with Crippen molar-refractivity contribution < 1.29 is 12.4 Å². The largest absolute Gasteiger partial charge is 0.336 e. The van der Waals surface area contributed by atoms with Crippen LogP contribution in [0.1, 0.15) is 74.7 Å². The minimum absolute atomic E-state index is 0. The van der Waals surface area contributed by atoms with E-state index in [1.807, 2.05) is 47.0 Å². The summed E-state index contributed by atoms with van der Waals surface area (Å²) in [5.41, 5.74) is 9.82. The molecule has 2 fully saturated rings. The molecule has 0 radical (unpaired) electrons. The molecule has 0 bridgehead atoms. The highest BCUT2D eigenvalue weighted by molar-refractivity contribution is 5.76. The van der Waals surface area contributed by atoms with Gasteiger partial charge in [0.15, 0.2) is 0 Å². The number of carbonyl (C=O) groups is 2. The summed E-state index contributed by atoms with van der Waals surface area (Å²) in [7, 11) is 0. The number of amides is 4. The average Bonchev–Trinajstić information content (AvgIpc) is 4.06. The molecule has 4 amide bonds. The Morgan fingerprint density at radius 1 is 0.571 bits per heavy atom. The number of hydrogen-bond donors (Lipinski definition) is 2. The summed E-state index contributed by atoms with van der Waals surface area (Å²) < 4.78 is 4.32. The molecule has 4 aliphatic rings. The first-order chi connectivity index (χ1) is 27.6. The normalized spacial score (nSPS) is 20.5. The third-order valence-electron chi connectivity index (χ3n) is 12.0. The number of hydrogen-bond acceptors (Lipinski definition) is 4. The van der Waals surface area contributed by atoms with Crippen LogP contribution in [-0.2, 0) is 0 Å². The molecule has 10 rings (SSSR count). The Morgan fingerprint density at radius 2 is 0.982 bits per heavy atom. The molecule has 10 heteroatoms. The standard InChI is InChI=1S/2C23H24N4O.2H2/c2*28-23(26-12-6-9-18(15-26)17-7-2-1-3-8-17)25-14-22-20-11-5-4-10-19(20)21-13-24-16-27(21)22;;/h2*1-5,7-8,10-11,13,16,18,22H,6,9,12,14-15H2,(H,25,28);2*1H/t18-,22+;18-,22-;;/m00../s1. The maximum atomic E-state index is 12.9. The van der Waals surface area contributed by atoms with Gasteiger partial charge in [0.25, 0.3) is 0 Å². The summed E-state index contributed by atoms with van der Waals surface area (Å²) in [6, 6.07) is 38.1. The summed E-state index contributed by atoms with van der Waals surface area (Å²) in [5, 5.41) is 6.35. The van der Waals surface area contributed by atoms with Crippen molar-refractivity contribution in [3.05, 3.63) is 156 Å². The molecule has 2 N–H and O–H groups in total. The second-order valence-corrected chi connectivity index (χ2v) is 15.3. The predicted octanol–water partition coefficient (Wildman–Crippen LogP) is 8.58. The molecule has 56 heavy (non-hydrogen) atoms. The molecule has 288 valence electrons. The number of piperidine rings is 2. The zero-order valence-corrected chi connectivity index (χ0v) is 31.6. The summed E-state index contributed by atoms with van der Waals surface area (Å²) >= 11 is 0. The van der Waals surface area contributed by atoms with E-state index < -0.39 is 0 Å². The summed E-state index contributed by atoms with van der Waals surface area (Å²) in [4.78, 5) is 38.3. The Bertz CT molecular complexity index is 2140. The van der Waals surface area contributed by atoms with Crippen molar-refractivity contribution in [3.63, 3.8) is 0 Å². The van der Waals surface area contributed by atoms with E-state index in [-0.39, 0.29) is 27.0 Å². The number of nitrogens with one attached hydrogen (secondary N) is 2. The monoisotopic (exact) mass is 748 g/mol. The van der Waals surface area contributed by atoms with E-state index in [4.69, 9.17) is 0 Å². The van der Waals surface area contributed by atoms with Gasteiger partial charge in [-0.1, -0.05) is 109 Å². The van der Waals surface area contributed by atoms with Crippen LogP contribution in [0.25, 0.3) is 22.5 Å². The lowest BCUT2D eigenvalue weighted by molar-refractivity contribution is 0.178. The Labute approximate surface area is 331 Å². The maximum absolute atomic E-state index is 12.9. The molecule has 10 nitrogen and oxygen atoms in total. The highest BCUT2D eigenvalue weighted by Crippen LogP contribution is 2.40. The first-order valence-corrected chi connectivity index (χ1v) is 20.0. The number of aromatic nitrogens is 4. The molecule has 4 aromatic carbocycles. The van der Waals surface area contributed by atoms with Gasteiger partial charge in [-0.05, 0) is 47.9 Å². The van der Waals surface area contributed by atoms with Gasteiger partial charge in [0, 0.05) is 65.1 Å². The number of nitrogens with zero attached hydrogens (tertiary/aromatic N) is 6. The number of fused-ring (bicyclic) bond motifs is 6. The van der Waals surface area contributed by atoms with Crippen LogP contribution >= 0.6 is 0 Å². The van der Waals surface area contributed by atoms with Gasteiger partial charge in [0.2, 0.25) is 0 Å². The van der Waals surface area contributed by atoms with Crippen molar-refractivity contribution in [2.45, 2.75) is 49.6 Å². The minimum atomic E-state index is 0. The van der Waals surface area contributed by atoms with Crippen LogP contribution in [0.15, 0.2) is 134 Å². The third kappa shape index (κ3) is 7.07. The molecular weight excluding hydrogens is 697 g/mol. The van der Waals surface area contributed by atoms with E-state index >= 15 is 0 Å². The Balaban J connectivity index is 0.000000171. The van der Waals surface area contributed by atoms with Crippen LogP contribution in [0.3, 0.4) is 0 Å². The number of imidazole rings is 2. The lowest BCUT2D eigenvalue weighted by Gasteiger charge is -2.33. The van der Waals surface area contributed by atoms with Gasteiger partial charge in [-0.3, -0.25) is 0 Å². The number of likely N-dealkylation sites (tertiary alicyclic amines) is 2. The molecular formula is C46H52N8O2. The summed E-state index contributed by atoms with van der Waals surface area (Å²) in [5.74, 6) is 0.848. The topological polar surface area (TPSA) is 100 Å². The van der Waals surface area contributed by atoms with Gasteiger partial charge >= 0.3 is 12.1 Å². The van der Waals surface area contributed by atoms with Gasteiger partial charge in [0.05, 0.1) is 48.5 Å². The summed E-state index contributed by atoms with van der Waals surface area (Å²) in [6.45, 7) is 4.37. The first-order valence-electron chi connectivity index (χ1n) is 20.0. The second-order valence-electron chi connectivity index (χ2n) is 15.3. The minimum Gasteiger partial charge on any atom is -0.336 e. The number of urea groups is 2. The SMILES string of the molecule is O=C(NC[C@@H]1c2ccccc2-c2cncn21)N1CCC[C@H](c2ccccc2)C1.O=C(NC[C@H]1c2ccccc2-c2cncn21)N1CCC[C@H](c2ccccc2)C1.[HH].[HH]. The van der Waals surface area contributed by atoms with Crippen molar-refractivity contribution in [1.29, 1.82) is 0 Å². The van der Waals surface area contributed by atoms with Crippen molar-refractivity contribution in [1.82, 2.24) is 39.5 Å². The Morgan fingerprint density at radius 3 is 1.43 bits per heavy atom. The molecule has 0 spiro atoms. The molecule has 0 saturated carbocycles. The molecule has 2 aromatic heterocycles. The Hall–Kier alpha value is -6.16. The molecule has 6 aromatic rings. The van der Waals surface area contributed by atoms with E-state index in [0.29, 0.717) is 24.9 Å². The van der Waals surface area contributed by atoms with Crippen LogP contribution in [0.4, 0.5) is 9.59 Å². The molecule has 4 atom stereocenters. The number of rotatable bonds is 6. The number of benzene rings is 4. The van der Waals surface area contributed by atoms with E-state index in [9.17, 15) is 9.59 Å². The van der Waals surface area contributed by atoms with Crippen molar-refractivity contribution in [2.75, 3.05) is 39.3 Å². The summed E-state index contributed by atoms with van der Waals surface area (Å²) in [6.07, 6.45) is 11.9. The van der Waals surface area contributed by atoms with Crippen LogP contribution in [-0.4, -0.2) is 80.2 Å². The van der Waals surface area contributed by atoms with Crippen molar-refractivity contribution >= 4 is 12.1 Å². The third-order valence-corrected chi connectivity index (χ3v) is 12.0. The molecule has 2 saturated heterocycles. The van der Waals surface area contributed by atoms with E-state index in [2.05, 4.69) is 127 Å². The fraction of sp³-hybridized carbons (Fsp3) is 0.304. The maximum Gasteiger partial charge on any atom is 0.317 e. The van der Waals surface area contributed by atoms with E-state index in [1.54, 1.807) is 0 Å². The first kappa shape index (κ1) is 35.5. The molecule has 0 unspecified atom stereocenters. The zero-order chi connectivity index (χ0) is 37.8. The second kappa shape index (κ2) is 15.9. The predicted molar refractivity (Wildman–Crippen MR) is 223 cm³/mol. The van der Waals surface area contributed by atoms with Crippen LogP contribution in [0.5, 0.6) is 0 Å². The van der Waals surface area contributed by atoms with Crippen LogP contribution in [0.2, 0.25) is 0 Å². The fourth-order valence-corrected chi connectivity index (χ4v) is 9.19. The molecule has 4 aliphatic heterocycles. The van der Waals surface area contributed by atoms with Gasteiger partial charge in [-0.25, -0.2) is 19.6 Å². The average molecular weight is 749 g/mol. The van der Waals surface area contributed by atoms with Gasteiger partial charge in [0.1, 0.15) is 0 Å². The van der Waals surface area contributed by atoms with Gasteiger partial charge in [-0.2, -0.15) is 0 Å². The smallest absolute Gasteiger partial charge is 0.317 e. The van der Waals surface area contributed by atoms with E-state index in [1.165, 1.54) is 33.4 Å². The Kier molecular flexibility index (Phi) is 10.1. The van der Waals surface area contributed by atoms with Crippen molar-refractivity contribution in [2.24, 2.45) is 0 Å². The highest BCUT2D eigenvalue weighted by Gasteiger charge is 2.32.